The van der Waals surface area contributed by atoms with Crippen LogP contribution in [0.5, 0.6) is 5.75 Å². The fraction of sp³-hybridized carbons (Fsp3) is 0.387. The Balaban J connectivity index is 1.78. The quantitative estimate of drug-likeness (QED) is 0.247. The number of dihydropyridines is 1. The predicted octanol–water partition coefficient (Wildman–Crippen LogP) is 5.17. The van der Waals surface area contributed by atoms with Gasteiger partial charge >= 0.3 is 11.9 Å². The fourth-order valence-corrected chi connectivity index (χ4v) is 5.75. The molecule has 0 aromatic heterocycles. The molecule has 3 atom stereocenters. The third-order valence-electron chi connectivity index (χ3n) is 7.10. The maximum absolute atomic E-state index is 14.0. The second-order valence-corrected chi connectivity index (χ2v) is 11.1. The SMILES string of the molecule is CCSCCOC(=O)C1=C(C)NC2=C(C(=O)[C@@H](C(=O)OC)[C@H](C)C2)[C@@H]1c1ccccc1OCc1ccccc1. The van der Waals surface area contributed by atoms with Gasteiger partial charge in [0.15, 0.2) is 5.78 Å². The molecular weight excluding hydrogens is 514 g/mol. The van der Waals surface area contributed by atoms with E-state index < -0.39 is 23.8 Å². The summed E-state index contributed by atoms with van der Waals surface area (Å²) in [6.45, 7) is 6.32. The molecule has 206 valence electrons. The fourth-order valence-electron chi connectivity index (χ4n) is 5.26. The number of hydrogen-bond acceptors (Lipinski definition) is 8. The first-order valence-corrected chi connectivity index (χ1v) is 14.4. The molecule has 4 rings (SSSR count). The largest absolute Gasteiger partial charge is 0.489 e. The third-order valence-corrected chi connectivity index (χ3v) is 7.96. The molecule has 1 aliphatic carbocycles. The Bertz CT molecular complexity index is 1280. The van der Waals surface area contributed by atoms with Crippen molar-refractivity contribution in [2.45, 2.75) is 39.7 Å². The molecule has 0 saturated heterocycles. The number of benzene rings is 2. The summed E-state index contributed by atoms with van der Waals surface area (Å²) < 4.78 is 16.9. The number of Topliss-reactive ketones (excluding diaryl/α,β-unsaturated/α-hetero) is 1. The molecular formula is C31H35NO6S. The van der Waals surface area contributed by atoms with Gasteiger partial charge in [0.1, 0.15) is 24.9 Å². The maximum Gasteiger partial charge on any atom is 0.336 e. The van der Waals surface area contributed by atoms with Crippen molar-refractivity contribution in [3.8, 4) is 5.75 Å². The van der Waals surface area contributed by atoms with Gasteiger partial charge in [-0.2, -0.15) is 11.8 Å². The number of allylic oxidation sites excluding steroid dienone is 3. The number of esters is 2. The number of carbonyl (C=O) groups is 3. The van der Waals surface area contributed by atoms with E-state index in [0.717, 1.165) is 11.3 Å². The van der Waals surface area contributed by atoms with Crippen molar-refractivity contribution in [1.29, 1.82) is 0 Å². The van der Waals surface area contributed by atoms with E-state index in [-0.39, 0.29) is 18.3 Å². The number of rotatable bonds is 10. The smallest absolute Gasteiger partial charge is 0.336 e. The van der Waals surface area contributed by atoms with Crippen LogP contribution in [0.25, 0.3) is 0 Å². The molecule has 8 heteroatoms. The van der Waals surface area contributed by atoms with Gasteiger partial charge in [0.05, 0.1) is 18.6 Å². The van der Waals surface area contributed by atoms with Crippen LogP contribution >= 0.6 is 11.8 Å². The molecule has 1 aliphatic heterocycles. The van der Waals surface area contributed by atoms with Crippen molar-refractivity contribution in [3.05, 3.63) is 88.3 Å². The van der Waals surface area contributed by atoms with E-state index in [1.165, 1.54) is 7.11 Å². The van der Waals surface area contributed by atoms with Crippen LogP contribution in [0.15, 0.2) is 77.1 Å². The number of hydrogen-bond donors (Lipinski definition) is 1. The average Bonchev–Trinajstić information content (AvgIpc) is 2.94. The molecule has 0 spiro atoms. The van der Waals surface area contributed by atoms with Gasteiger partial charge in [0, 0.05) is 28.3 Å². The lowest BCUT2D eigenvalue weighted by Gasteiger charge is -2.38. The van der Waals surface area contributed by atoms with Gasteiger partial charge in [-0.05, 0) is 36.6 Å². The maximum atomic E-state index is 14.0. The highest BCUT2D eigenvalue weighted by atomic mass is 32.2. The number of methoxy groups -OCH3 is 1. The van der Waals surface area contributed by atoms with E-state index in [1.54, 1.807) is 11.8 Å². The monoisotopic (exact) mass is 549 g/mol. The lowest BCUT2D eigenvalue weighted by molar-refractivity contribution is -0.151. The summed E-state index contributed by atoms with van der Waals surface area (Å²) in [5.74, 6) is -1.21. The first-order chi connectivity index (χ1) is 18.9. The summed E-state index contributed by atoms with van der Waals surface area (Å²) in [6, 6.07) is 17.2. The van der Waals surface area contributed by atoms with Crippen LogP contribution in [0.3, 0.4) is 0 Å². The highest BCUT2D eigenvalue weighted by Gasteiger charge is 2.47. The van der Waals surface area contributed by atoms with Crippen molar-refractivity contribution in [3.63, 3.8) is 0 Å². The van der Waals surface area contributed by atoms with Crippen molar-refractivity contribution in [2.75, 3.05) is 25.2 Å². The van der Waals surface area contributed by atoms with E-state index in [0.29, 0.717) is 52.6 Å². The Morgan fingerprint density at radius 1 is 1.08 bits per heavy atom. The second-order valence-electron chi connectivity index (χ2n) is 9.68. The number of ether oxygens (including phenoxy) is 3. The van der Waals surface area contributed by atoms with E-state index >= 15 is 0 Å². The van der Waals surface area contributed by atoms with Crippen LogP contribution in [0.4, 0.5) is 0 Å². The van der Waals surface area contributed by atoms with Crippen LogP contribution in [0, 0.1) is 11.8 Å². The van der Waals surface area contributed by atoms with Gasteiger partial charge < -0.3 is 19.5 Å². The minimum absolute atomic E-state index is 0.256. The standard InChI is InChI=1S/C31H35NO6S/c1-5-39-16-15-37-31(35)26-20(3)32-23-17-19(2)25(30(34)36-4)29(33)28(23)27(26)22-13-9-10-14-24(22)38-18-21-11-7-6-8-12-21/h6-14,19,25,27,32H,5,15-18H2,1-4H3/t19-,25+,27-/m1/s1. The Morgan fingerprint density at radius 3 is 2.51 bits per heavy atom. The molecule has 39 heavy (non-hydrogen) atoms. The highest BCUT2D eigenvalue weighted by Crippen LogP contribution is 2.47. The van der Waals surface area contributed by atoms with Crippen molar-refractivity contribution in [1.82, 2.24) is 5.32 Å². The highest BCUT2D eigenvalue weighted by molar-refractivity contribution is 7.99. The average molecular weight is 550 g/mol. The second kappa shape index (κ2) is 13.0. The number of nitrogens with one attached hydrogen (secondary N) is 1. The van der Waals surface area contributed by atoms with Gasteiger partial charge in [0.2, 0.25) is 0 Å². The zero-order valence-electron chi connectivity index (χ0n) is 22.8. The molecule has 1 heterocycles. The summed E-state index contributed by atoms with van der Waals surface area (Å²) in [5.41, 5.74) is 3.73. The molecule has 0 saturated carbocycles. The molecule has 0 bridgehead atoms. The Hall–Kier alpha value is -3.52. The molecule has 0 amide bonds. The zero-order chi connectivity index (χ0) is 27.9. The molecule has 7 nitrogen and oxygen atoms in total. The molecule has 2 aromatic carbocycles. The number of ketones is 1. The molecule has 2 aliphatic rings. The summed E-state index contributed by atoms with van der Waals surface area (Å²) >= 11 is 1.68. The summed E-state index contributed by atoms with van der Waals surface area (Å²) in [6.07, 6.45) is 0.469. The minimum atomic E-state index is -0.952. The van der Waals surface area contributed by atoms with E-state index in [9.17, 15) is 14.4 Å². The van der Waals surface area contributed by atoms with Crippen LogP contribution in [0.1, 0.15) is 44.2 Å². The summed E-state index contributed by atoms with van der Waals surface area (Å²) in [7, 11) is 1.29. The number of carbonyl (C=O) groups excluding carboxylic acids is 3. The van der Waals surface area contributed by atoms with Crippen molar-refractivity contribution < 1.29 is 28.6 Å². The van der Waals surface area contributed by atoms with Gasteiger partial charge in [-0.15, -0.1) is 0 Å². The Kier molecular flexibility index (Phi) is 9.51. The van der Waals surface area contributed by atoms with E-state index in [2.05, 4.69) is 5.32 Å². The first-order valence-electron chi connectivity index (χ1n) is 13.2. The van der Waals surface area contributed by atoms with Crippen LogP contribution in [0.2, 0.25) is 0 Å². The molecule has 2 aromatic rings. The normalized spacial score (nSPS) is 20.7. The van der Waals surface area contributed by atoms with Crippen LogP contribution in [-0.2, 0) is 30.5 Å². The topological polar surface area (TPSA) is 90.9 Å². The number of thioether (sulfide) groups is 1. The molecule has 0 fully saturated rings. The Labute approximate surface area is 234 Å². The van der Waals surface area contributed by atoms with Gasteiger partial charge in [-0.3, -0.25) is 9.59 Å². The van der Waals surface area contributed by atoms with E-state index in [4.69, 9.17) is 14.2 Å². The lowest BCUT2D eigenvalue weighted by Crippen LogP contribution is -2.43. The predicted molar refractivity (Wildman–Crippen MR) is 151 cm³/mol. The summed E-state index contributed by atoms with van der Waals surface area (Å²) in [5, 5.41) is 3.31. The first kappa shape index (κ1) is 28.5. The lowest BCUT2D eigenvalue weighted by atomic mass is 9.69. The third kappa shape index (κ3) is 6.22. The van der Waals surface area contributed by atoms with Crippen molar-refractivity contribution >= 4 is 29.5 Å². The van der Waals surface area contributed by atoms with Gasteiger partial charge in [-0.25, -0.2) is 4.79 Å². The minimum Gasteiger partial charge on any atom is -0.489 e. The summed E-state index contributed by atoms with van der Waals surface area (Å²) in [4.78, 5) is 40.3. The van der Waals surface area contributed by atoms with Crippen LogP contribution < -0.4 is 10.1 Å². The molecule has 0 radical (unpaired) electrons. The molecule has 1 N–H and O–H groups in total. The number of para-hydroxylation sites is 1. The van der Waals surface area contributed by atoms with Crippen molar-refractivity contribution in [2.24, 2.45) is 11.8 Å². The van der Waals surface area contributed by atoms with E-state index in [1.807, 2.05) is 75.4 Å². The zero-order valence-corrected chi connectivity index (χ0v) is 23.6. The molecule has 0 unspecified atom stereocenters. The Morgan fingerprint density at radius 2 is 1.79 bits per heavy atom. The van der Waals surface area contributed by atoms with Gasteiger partial charge in [0.25, 0.3) is 0 Å². The van der Waals surface area contributed by atoms with Crippen LogP contribution in [-0.4, -0.2) is 42.9 Å². The van der Waals surface area contributed by atoms with Gasteiger partial charge in [-0.1, -0.05) is 62.4 Å².